The van der Waals surface area contributed by atoms with Crippen LogP contribution in [0.25, 0.3) is 0 Å². The van der Waals surface area contributed by atoms with Gasteiger partial charge in [0.1, 0.15) is 0 Å². The third kappa shape index (κ3) is 3.39. The summed E-state index contributed by atoms with van der Waals surface area (Å²) < 4.78 is 0. The summed E-state index contributed by atoms with van der Waals surface area (Å²) >= 11 is 0. The predicted octanol–water partition coefficient (Wildman–Crippen LogP) is 1.93. The number of nitrogens with one attached hydrogen (secondary N) is 1. The van der Waals surface area contributed by atoms with Crippen LogP contribution in [0.4, 0.5) is 4.79 Å². The van der Waals surface area contributed by atoms with E-state index in [0.717, 1.165) is 32.4 Å². The van der Waals surface area contributed by atoms with Crippen molar-refractivity contribution in [1.29, 1.82) is 0 Å². The van der Waals surface area contributed by atoms with Crippen LogP contribution in [-0.4, -0.2) is 41.1 Å². The molecule has 1 saturated carbocycles. The highest BCUT2D eigenvalue weighted by Gasteiger charge is 2.32. The normalized spacial score (nSPS) is 35.2. The molecule has 2 rings (SSSR count). The third-order valence-corrected chi connectivity index (χ3v) is 4.63. The minimum Gasteiger partial charge on any atom is -0.481 e. The zero-order valence-corrected chi connectivity index (χ0v) is 11.8. The largest absolute Gasteiger partial charge is 0.481 e. The Morgan fingerprint density at radius 3 is 2.37 bits per heavy atom. The van der Waals surface area contributed by atoms with Gasteiger partial charge in [0.15, 0.2) is 0 Å². The van der Waals surface area contributed by atoms with Gasteiger partial charge in [-0.2, -0.15) is 0 Å². The van der Waals surface area contributed by atoms with Gasteiger partial charge >= 0.3 is 12.0 Å². The van der Waals surface area contributed by atoms with Crippen molar-refractivity contribution in [3.8, 4) is 0 Å². The highest BCUT2D eigenvalue weighted by atomic mass is 16.4. The van der Waals surface area contributed by atoms with Crippen LogP contribution in [0.5, 0.6) is 0 Å². The van der Waals surface area contributed by atoms with Crippen LogP contribution in [0.15, 0.2) is 0 Å². The quantitative estimate of drug-likeness (QED) is 0.804. The van der Waals surface area contributed by atoms with Crippen LogP contribution in [-0.2, 0) is 4.79 Å². The summed E-state index contributed by atoms with van der Waals surface area (Å²) in [5, 5.41) is 12.1. The first-order valence-corrected chi connectivity index (χ1v) is 7.25. The second kappa shape index (κ2) is 5.80. The van der Waals surface area contributed by atoms with Crippen molar-refractivity contribution in [3.05, 3.63) is 0 Å². The van der Waals surface area contributed by atoms with Gasteiger partial charge in [-0.05, 0) is 31.1 Å². The van der Waals surface area contributed by atoms with Gasteiger partial charge in [0, 0.05) is 19.1 Å². The Balaban J connectivity index is 1.84. The zero-order chi connectivity index (χ0) is 14.0. The number of carbonyl (C=O) groups excluding carboxylic acids is 1. The van der Waals surface area contributed by atoms with E-state index in [2.05, 4.69) is 19.2 Å². The molecule has 1 aliphatic heterocycles. The maximum atomic E-state index is 12.1. The van der Waals surface area contributed by atoms with Gasteiger partial charge in [0.05, 0.1) is 5.92 Å². The maximum absolute atomic E-state index is 12.1. The van der Waals surface area contributed by atoms with Gasteiger partial charge in [-0.1, -0.05) is 20.3 Å². The Morgan fingerprint density at radius 1 is 1.16 bits per heavy atom. The van der Waals surface area contributed by atoms with Crippen LogP contribution in [0.2, 0.25) is 0 Å². The van der Waals surface area contributed by atoms with E-state index in [9.17, 15) is 9.59 Å². The molecule has 0 aromatic rings. The number of likely N-dealkylation sites (tertiary alicyclic amines) is 1. The van der Waals surface area contributed by atoms with Crippen molar-refractivity contribution in [2.45, 2.75) is 45.6 Å². The monoisotopic (exact) mass is 268 g/mol. The fraction of sp³-hybridized carbons (Fsp3) is 0.857. The van der Waals surface area contributed by atoms with E-state index in [0.29, 0.717) is 18.3 Å². The molecule has 108 valence electrons. The molecular formula is C14H24N2O3. The van der Waals surface area contributed by atoms with E-state index in [1.54, 1.807) is 0 Å². The molecule has 0 bridgehead atoms. The number of nitrogens with zero attached hydrogens (tertiary/aromatic N) is 1. The molecule has 1 aliphatic carbocycles. The average molecular weight is 268 g/mol. The number of carboxylic acid groups (broad SMARTS) is 1. The summed E-state index contributed by atoms with van der Waals surface area (Å²) in [4.78, 5) is 25.0. The molecule has 2 fully saturated rings. The molecule has 0 aromatic carbocycles. The third-order valence-electron chi connectivity index (χ3n) is 4.63. The van der Waals surface area contributed by atoms with Crippen molar-refractivity contribution in [2.24, 2.45) is 17.8 Å². The van der Waals surface area contributed by atoms with E-state index < -0.39 is 5.97 Å². The van der Waals surface area contributed by atoms with Crippen LogP contribution < -0.4 is 5.32 Å². The summed E-state index contributed by atoms with van der Waals surface area (Å²) in [6.07, 6.45) is 3.09. The standard InChI is InChI=1S/C14H24N2O3/c1-9-7-16(8-10(9)2)14(19)15-12-5-3-4-11(6-12)13(17)18/h9-12H,3-8H2,1-2H3,(H,15,19)(H,17,18). The first kappa shape index (κ1) is 14.2. The highest BCUT2D eigenvalue weighted by molar-refractivity contribution is 5.75. The summed E-state index contributed by atoms with van der Waals surface area (Å²) in [5.74, 6) is 0.0607. The SMILES string of the molecule is CC1CN(C(=O)NC2CCCC(C(=O)O)C2)CC1C. The number of hydrogen-bond donors (Lipinski definition) is 2. The fourth-order valence-corrected chi connectivity index (χ4v) is 3.11. The number of aliphatic carboxylic acids is 1. The Hall–Kier alpha value is -1.26. The number of carboxylic acids is 1. The average Bonchev–Trinajstić information content (AvgIpc) is 2.70. The van der Waals surface area contributed by atoms with E-state index in [1.807, 2.05) is 4.90 Å². The molecule has 5 heteroatoms. The van der Waals surface area contributed by atoms with Crippen LogP contribution >= 0.6 is 0 Å². The Morgan fingerprint density at radius 2 is 1.79 bits per heavy atom. The second-order valence-electron chi connectivity index (χ2n) is 6.21. The van der Waals surface area contributed by atoms with Gasteiger partial charge in [-0.3, -0.25) is 4.79 Å². The molecular weight excluding hydrogens is 244 g/mol. The minimum atomic E-state index is -0.734. The van der Waals surface area contributed by atoms with Crippen molar-refractivity contribution in [3.63, 3.8) is 0 Å². The lowest BCUT2D eigenvalue weighted by Crippen LogP contribution is -2.46. The molecule has 0 aromatic heterocycles. The van der Waals surface area contributed by atoms with Gasteiger partial charge in [-0.15, -0.1) is 0 Å². The van der Waals surface area contributed by atoms with Crippen molar-refractivity contribution >= 4 is 12.0 Å². The summed E-state index contributed by atoms with van der Waals surface area (Å²) in [6, 6.07) is 0.000742. The number of urea groups is 1. The molecule has 2 aliphatic rings. The van der Waals surface area contributed by atoms with Gasteiger partial charge < -0.3 is 15.3 Å². The number of carbonyl (C=O) groups is 2. The minimum absolute atomic E-state index is 0.0211. The number of amides is 2. The molecule has 0 radical (unpaired) electrons. The van der Waals surface area contributed by atoms with Gasteiger partial charge in [0.2, 0.25) is 0 Å². The molecule has 2 N–H and O–H groups in total. The lowest BCUT2D eigenvalue weighted by Gasteiger charge is -2.29. The van der Waals surface area contributed by atoms with Crippen molar-refractivity contribution in [2.75, 3.05) is 13.1 Å². The molecule has 2 amide bonds. The maximum Gasteiger partial charge on any atom is 0.317 e. The van der Waals surface area contributed by atoms with Crippen molar-refractivity contribution < 1.29 is 14.7 Å². The highest BCUT2D eigenvalue weighted by Crippen LogP contribution is 2.26. The summed E-state index contributed by atoms with van der Waals surface area (Å²) in [7, 11) is 0. The lowest BCUT2D eigenvalue weighted by molar-refractivity contribution is -0.143. The molecule has 0 spiro atoms. The second-order valence-corrected chi connectivity index (χ2v) is 6.21. The van der Waals surface area contributed by atoms with E-state index >= 15 is 0 Å². The zero-order valence-electron chi connectivity index (χ0n) is 11.8. The Bertz CT molecular complexity index is 349. The molecule has 5 nitrogen and oxygen atoms in total. The van der Waals surface area contributed by atoms with Crippen molar-refractivity contribution in [1.82, 2.24) is 10.2 Å². The Kier molecular flexibility index (Phi) is 4.32. The molecule has 19 heavy (non-hydrogen) atoms. The van der Waals surface area contributed by atoms with Gasteiger partial charge in [0.25, 0.3) is 0 Å². The number of rotatable bonds is 2. The van der Waals surface area contributed by atoms with Crippen LogP contribution in [0.3, 0.4) is 0 Å². The number of hydrogen-bond acceptors (Lipinski definition) is 2. The fourth-order valence-electron chi connectivity index (χ4n) is 3.11. The van der Waals surface area contributed by atoms with E-state index in [1.165, 1.54) is 0 Å². The van der Waals surface area contributed by atoms with E-state index in [4.69, 9.17) is 5.11 Å². The molecule has 4 unspecified atom stereocenters. The Labute approximate surface area is 114 Å². The van der Waals surface area contributed by atoms with Gasteiger partial charge in [-0.25, -0.2) is 4.79 Å². The molecule has 4 atom stereocenters. The molecule has 1 heterocycles. The van der Waals surface area contributed by atoms with Crippen LogP contribution in [0.1, 0.15) is 39.5 Å². The first-order valence-electron chi connectivity index (χ1n) is 7.25. The topological polar surface area (TPSA) is 69.6 Å². The summed E-state index contributed by atoms with van der Waals surface area (Å²) in [6.45, 7) is 5.95. The molecule has 1 saturated heterocycles. The summed E-state index contributed by atoms with van der Waals surface area (Å²) in [5.41, 5.74) is 0. The smallest absolute Gasteiger partial charge is 0.317 e. The first-order chi connectivity index (χ1) is 8.97. The van der Waals surface area contributed by atoms with E-state index in [-0.39, 0.29) is 18.0 Å². The predicted molar refractivity (Wildman–Crippen MR) is 71.8 cm³/mol. The lowest BCUT2D eigenvalue weighted by atomic mass is 9.86. The van der Waals surface area contributed by atoms with Crippen LogP contribution in [0, 0.1) is 17.8 Å².